The smallest absolute Gasteiger partial charge is 0.0528 e. The number of nitrogens with zero attached hydrogens (tertiary/aromatic N) is 1. The molecule has 80 valence electrons. The second-order valence-corrected chi connectivity index (χ2v) is 3.74. The van der Waals surface area contributed by atoms with Crippen molar-refractivity contribution in [3.05, 3.63) is 0 Å². The first-order valence-electron chi connectivity index (χ1n) is 5.04. The summed E-state index contributed by atoms with van der Waals surface area (Å²) in [5.74, 6) is 0.256. The zero-order chi connectivity index (χ0) is 10.1. The summed E-state index contributed by atoms with van der Waals surface area (Å²) in [5, 5.41) is 9.02. The maximum Gasteiger partial charge on any atom is 0.0528 e. The van der Waals surface area contributed by atoms with Gasteiger partial charge in [-0.3, -0.25) is 0 Å². The van der Waals surface area contributed by atoms with Crippen LogP contribution in [0.5, 0.6) is 0 Å². The molecule has 0 saturated heterocycles. The Morgan fingerprint density at radius 2 is 2.08 bits per heavy atom. The van der Waals surface area contributed by atoms with Crippen LogP contribution in [0.1, 0.15) is 19.8 Å². The van der Waals surface area contributed by atoms with E-state index in [1.807, 2.05) is 14.1 Å². The molecular weight excluding hydrogens is 166 g/mol. The molecule has 0 spiro atoms. The summed E-state index contributed by atoms with van der Waals surface area (Å²) in [6, 6.07) is 0. The molecule has 0 aliphatic rings. The third-order valence-corrected chi connectivity index (χ3v) is 1.88. The van der Waals surface area contributed by atoms with Crippen molar-refractivity contribution >= 4 is 0 Å². The summed E-state index contributed by atoms with van der Waals surface area (Å²) < 4.78 is 5.44. The Hall–Kier alpha value is -0.120. The molecule has 0 rings (SSSR count). The van der Waals surface area contributed by atoms with Crippen molar-refractivity contribution in [2.75, 3.05) is 40.5 Å². The summed E-state index contributed by atoms with van der Waals surface area (Å²) in [6.07, 6.45) is 2.28. The van der Waals surface area contributed by atoms with Crippen LogP contribution in [-0.2, 0) is 4.74 Å². The molecule has 13 heavy (non-hydrogen) atoms. The molecule has 0 fully saturated rings. The molecule has 0 aromatic rings. The fraction of sp³-hybridized carbons (Fsp3) is 1.00. The van der Waals surface area contributed by atoms with Crippen molar-refractivity contribution in [2.45, 2.75) is 19.8 Å². The molecule has 3 nitrogen and oxygen atoms in total. The van der Waals surface area contributed by atoms with Crippen molar-refractivity contribution < 1.29 is 9.84 Å². The first kappa shape index (κ1) is 12.9. The molecule has 0 aromatic carbocycles. The predicted molar refractivity (Wildman–Crippen MR) is 54.9 cm³/mol. The van der Waals surface area contributed by atoms with Crippen molar-refractivity contribution in [1.29, 1.82) is 0 Å². The van der Waals surface area contributed by atoms with Crippen LogP contribution in [-0.4, -0.2) is 50.5 Å². The maximum atomic E-state index is 9.02. The number of ether oxygens (including phenoxy) is 1. The number of aliphatic hydroxyl groups is 1. The molecule has 1 atom stereocenters. The molecule has 1 N–H and O–H groups in total. The third kappa shape index (κ3) is 8.22. The minimum atomic E-state index is 0.213. The van der Waals surface area contributed by atoms with Crippen LogP contribution in [0.2, 0.25) is 0 Å². The van der Waals surface area contributed by atoms with E-state index in [0.29, 0.717) is 6.61 Å². The molecule has 3 heteroatoms. The SMILES string of the molecule is CCCCOC[C@@H](CO)CN(C)C. The molecular formula is C10H23NO2. The van der Waals surface area contributed by atoms with Crippen molar-refractivity contribution in [1.82, 2.24) is 4.90 Å². The van der Waals surface area contributed by atoms with Gasteiger partial charge >= 0.3 is 0 Å². The lowest BCUT2D eigenvalue weighted by Gasteiger charge is -2.18. The summed E-state index contributed by atoms with van der Waals surface area (Å²) in [4.78, 5) is 2.07. The molecule has 0 amide bonds. The van der Waals surface area contributed by atoms with Gasteiger partial charge in [-0.2, -0.15) is 0 Å². The lowest BCUT2D eigenvalue weighted by molar-refractivity contribution is 0.0601. The minimum absolute atomic E-state index is 0.213. The molecule has 0 saturated carbocycles. The van der Waals surface area contributed by atoms with Gasteiger partial charge in [0.05, 0.1) is 6.61 Å². The number of rotatable bonds is 8. The fourth-order valence-corrected chi connectivity index (χ4v) is 1.18. The van der Waals surface area contributed by atoms with Gasteiger partial charge in [0.2, 0.25) is 0 Å². The van der Waals surface area contributed by atoms with Gasteiger partial charge in [0.25, 0.3) is 0 Å². The second kappa shape index (κ2) is 8.48. The van der Waals surface area contributed by atoms with Gasteiger partial charge in [-0.05, 0) is 20.5 Å². The van der Waals surface area contributed by atoms with Gasteiger partial charge in [0.15, 0.2) is 0 Å². The molecule has 0 aromatic heterocycles. The predicted octanol–water partition coefficient (Wildman–Crippen LogP) is 0.973. The lowest BCUT2D eigenvalue weighted by Crippen LogP contribution is -2.27. The van der Waals surface area contributed by atoms with Crippen LogP contribution in [0.25, 0.3) is 0 Å². The summed E-state index contributed by atoms with van der Waals surface area (Å²) >= 11 is 0. The highest BCUT2D eigenvalue weighted by Gasteiger charge is 2.08. The monoisotopic (exact) mass is 189 g/mol. The number of unbranched alkanes of at least 4 members (excludes halogenated alkanes) is 1. The first-order valence-corrected chi connectivity index (χ1v) is 5.04. The fourth-order valence-electron chi connectivity index (χ4n) is 1.18. The van der Waals surface area contributed by atoms with E-state index in [9.17, 15) is 0 Å². The van der Waals surface area contributed by atoms with E-state index in [1.165, 1.54) is 0 Å². The highest BCUT2D eigenvalue weighted by atomic mass is 16.5. The molecule has 0 unspecified atom stereocenters. The highest BCUT2D eigenvalue weighted by molar-refractivity contribution is 4.59. The average molecular weight is 189 g/mol. The quantitative estimate of drug-likeness (QED) is 0.578. The second-order valence-electron chi connectivity index (χ2n) is 3.74. The Morgan fingerprint density at radius 1 is 1.38 bits per heavy atom. The van der Waals surface area contributed by atoms with Crippen molar-refractivity contribution in [2.24, 2.45) is 5.92 Å². The van der Waals surface area contributed by atoms with Crippen LogP contribution in [0, 0.1) is 5.92 Å². The van der Waals surface area contributed by atoms with E-state index in [4.69, 9.17) is 9.84 Å². The normalized spacial score (nSPS) is 13.6. The number of hydrogen-bond acceptors (Lipinski definition) is 3. The molecule has 0 radical (unpaired) electrons. The van der Waals surface area contributed by atoms with Gasteiger partial charge in [-0.25, -0.2) is 0 Å². The number of hydrogen-bond donors (Lipinski definition) is 1. The van der Waals surface area contributed by atoms with Crippen LogP contribution >= 0.6 is 0 Å². The Kier molecular flexibility index (Phi) is 8.40. The van der Waals surface area contributed by atoms with Crippen LogP contribution in [0.15, 0.2) is 0 Å². The largest absolute Gasteiger partial charge is 0.396 e. The van der Waals surface area contributed by atoms with Gasteiger partial charge in [0, 0.05) is 25.7 Å². The van der Waals surface area contributed by atoms with Gasteiger partial charge < -0.3 is 14.7 Å². The molecule has 0 bridgehead atoms. The lowest BCUT2D eigenvalue weighted by atomic mass is 10.2. The van der Waals surface area contributed by atoms with E-state index in [2.05, 4.69) is 11.8 Å². The highest BCUT2D eigenvalue weighted by Crippen LogP contribution is 1.99. The van der Waals surface area contributed by atoms with Gasteiger partial charge in [0.1, 0.15) is 0 Å². The number of aliphatic hydroxyl groups excluding tert-OH is 1. The molecule has 0 heterocycles. The van der Waals surface area contributed by atoms with E-state index in [-0.39, 0.29) is 12.5 Å². The molecule has 0 aliphatic heterocycles. The summed E-state index contributed by atoms with van der Waals surface area (Å²) in [6.45, 7) is 4.74. The zero-order valence-corrected chi connectivity index (χ0v) is 9.12. The van der Waals surface area contributed by atoms with E-state index in [1.54, 1.807) is 0 Å². The average Bonchev–Trinajstić information content (AvgIpc) is 2.09. The summed E-state index contributed by atoms with van der Waals surface area (Å²) in [7, 11) is 4.02. The van der Waals surface area contributed by atoms with Gasteiger partial charge in [-0.1, -0.05) is 13.3 Å². The Morgan fingerprint density at radius 3 is 2.54 bits per heavy atom. The Balaban J connectivity index is 3.36. The zero-order valence-electron chi connectivity index (χ0n) is 9.12. The van der Waals surface area contributed by atoms with Crippen LogP contribution < -0.4 is 0 Å². The molecule has 0 aliphatic carbocycles. The third-order valence-electron chi connectivity index (χ3n) is 1.88. The first-order chi connectivity index (χ1) is 6.20. The van der Waals surface area contributed by atoms with Crippen molar-refractivity contribution in [3.63, 3.8) is 0 Å². The van der Waals surface area contributed by atoms with Crippen molar-refractivity contribution in [3.8, 4) is 0 Å². The maximum absolute atomic E-state index is 9.02. The Bertz CT molecular complexity index is 107. The van der Waals surface area contributed by atoms with Crippen LogP contribution in [0.4, 0.5) is 0 Å². The van der Waals surface area contributed by atoms with E-state index >= 15 is 0 Å². The standard InChI is InChI=1S/C10H23NO2/c1-4-5-6-13-9-10(8-12)7-11(2)3/h10,12H,4-9H2,1-3H3/t10-/m1/s1. The summed E-state index contributed by atoms with van der Waals surface area (Å²) in [5.41, 5.74) is 0. The van der Waals surface area contributed by atoms with E-state index in [0.717, 1.165) is 26.0 Å². The van der Waals surface area contributed by atoms with Gasteiger partial charge in [-0.15, -0.1) is 0 Å². The Labute approximate surface area is 81.7 Å². The van der Waals surface area contributed by atoms with E-state index < -0.39 is 0 Å². The minimum Gasteiger partial charge on any atom is -0.396 e. The van der Waals surface area contributed by atoms with Crippen LogP contribution in [0.3, 0.4) is 0 Å². The topological polar surface area (TPSA) is 32.7 Å².